The number of alkyl halides is 1. The number of rotatable bonds is 10. The van der Waals surface area contributed by atoms with Crippen LogP contribution in [-0.2, 0) is 0 Å². The van der Waals surface area contributed by atoms with Crippen LogP contribution in [0.2, 0.25) is 0 Å². The van der Waals surface area contributed by atoms with Crippen LogP contribution in [0.4, 0.5) is 0 Å². The molecule has 0 amide bonds. The fourth-order valence-electron chi connectivity index (χ4n) is 3.57. The molecule has 32 heavy (non-hydrogen) atoms. The Morgan fingerprint density at radius 1 is 0.906 bits per heavy atom. The predicted molar refractivity (Wildman–Crippen MR) is 133 cm³/mol. The Morgan fingerprint density at radius 2 is 1.59 bits per heavy atom. The second-order valence-corrected chi connectivity index (χ2v) is 8.10. The summed E-state index contributed by atoms with van der Waals surface area (Å²) >= 11 is 6.22. The van der Waals surface area contributed by atoms with Crippen LogP contribution in [0.25, 0.3) is 11.1 Å². The van der Waals surface area contributed by atoms with Gasteiger partial charge in [-0.1, -0.05) is 48.5 Å². The molecule has 0 aliphatic carbocycles. The fraction of sp³-hybridized carbons (Fsp3) is 0.259. The average molecular weight is 452 g/mol. The summed E-state index contributed by atoms with van der Waals surface area (Å²) in [5, 5.41) is 10.5. The minimum absolute atomic E-state index is 0.101. The van der Waals surface area contributed by atoms with E-state index in [9.17, 15) is 5.11 Å². The van der Waals surface area contributed by atoms with Crippen LogP contribution in [0.1, 0.15) is 23.1 Å². The minimum Gasteiger partial charge on any atom is -0.504 e. The van der Waals surface area contributed by atoms with Crippen molar-refractivity contribution in [2.45, 2.75) is 6.42 Å². The third kappa shape index (κ3) is 6.06. The summed E-state index contributed by atoms with van der Waals surface area (Å²) in [6, 6.07) is 23.8. The first-order chi connectivity index (χ1) is 15.5. The van der Waals surface area contributed by atoms with Gasteiger partial charge in [-0.2, -0.15) is 0 Å². The van der Waals surface area contributed by atoms with Gasteiger partial charge in [0.1, 0.15) is 12.4 Å². The van der Waals surface area contributed by atoms with E-state index in [4.69, 9.17) is 21.1 Å². The largest absolute Gasteiger partial charge is 0.504 e. The van der Waals surface area contributed by atoms with Gasteiger partial charge < -0.3 is 19.5 Å². The van der Waals surface area contributed by atoms with Crippen molar-refractivity contribution in [3.8, 4) is 17.2 Å². The second-order valence-electron chi connectivity index (χ2n) is 7.72. The molecule has 3 aromatic carbocycles. The molecule has 0 aliphatic heterocycles. The molecular weight excluding hydrogens is 422 g/mol. The number of phenolic OH excluding ortho intramolecular Hbond substituents is 1. The maximum atomic E-state index is 10.5. The summed E-state index contributed by atoms with van der Waals surface area (Å²) in [6.45, 7) is 1.48. The van der Waals surface area contributed by atoms with Gasteiger partial charge in [0.15, 0.2) is 11.5 Å². The van der Waals surface area contributed by atoms with Gasteiger partial charge in [-0.25, -0.2) is 0 Å². The van der Waals surface area contributed by atoms with Gasteiger partial charge in [-0.05, 0) is 72.6 Å². The molecule has 0 saturated heterocycles. The van der Waals surface area contributed by atoms with Gasteiger partial charge >= 0.3 is 0 Å². The Hall–Kier alpha value is -2.95. The van der Waals surface area contributed by atoms with Crippen LogP contribution in [0.5, 0.6) is 17.2 Å². The smallest absolute Gasteiger partial charge is 0.160 e. The lowest BCUT2D eigenvalue weighted by Gasteiger charge is -2.18. The van der Waals surface area contributed by atoms with Crippen molar-refractivity contribution in [1.29, 1.82) is 0 Å². The normalized spacial score (nSPS) is 11.9. The summed E-state index contributed by atoms with van der Waals surface area (Å²) in [4.78, 5) is 2.09. The minimum atomic E-state index is 0.101. The Bertz CT molecular complexity index is 1030. The molecule has 3 aromatic rings. The number of phenols is 1. The van der Waals surface area contributed by atoms with E-state index in [0.29, 0.717) is 24.7 Å². The summed E-state index contributed by atoms with van der Waals surface area (Å²) in [7, 11) is 5.59. The SMILES string of the molecule is COc1ccc(/C(=C(/CCCl)c2ccccc2)c2ccc(OCCN(C)C)cc2)cc1O. The zero-order chi connectivity index (χ0) is 22.9. The van der Waals surface area contributed by atoms with E-state index in [2.05, 4.69) is 29.2 Å². The highest BCUT2D eigenvalue weighted by atomic mass is 35.5. The maximum Gasteiger partial charge on any atom is 0.160 e. The van der Waals surface area contributed by atoms with E-state index in [0.717, 1.165) is 40.1 Å². The molecule has 0 fully saturated rings. The lowest BCUT2D eigenvalue weighted by molar-refractivity contribution is 0.261. The molecule has 0 aromatic heterocycles. The third-order valence-corrected chi connectivity index (χ3v) is 5.38. The van der Waals surface area contributed by atoms with E-state index in [1.165, 1.54) is 0 Å². The molecule has 0 heterocycles. The number of nitrogens with zero attached hydrogens (tertiary/aromatic N) is 1. The number of hydrogen-bond acceptors (Lipinski definition) is 4. The van der Waals surface area contributed by atoms with Crippen LogP contribution in [0.3, 0.4) is 0 Å². The number of allylic oxidation sites excluding steroid dienone is 1. The first-order valence-electron chi connectivity index (χ1n) is 10.6. The highest BCUT2D eigenvalue weighted by Gasteiger charge is 2.16. The monoisotopic (exact) mass is 451 g/mol. The highest BCUT2D eigenvalue weighted by molar-refractivity contribution is 6.18. The number of likely N-dealkylation sites (N-methyl/N-ethyl adjacent to an activating group) is 1. The van der Waals surface area contributed by atoms with Crippen LogP contribution >= 0.6 is 11.6 Å². The third-order valence-electron chi connectivity index (χ3n) is 5.19. The molecule has 0 atom stereocenters. The molecule has 3 rings (SSSR count). The highest BCUT2D eigenvalue weighted by Crippen LogP contribution is 2.38. The van der Waals surface area contributed by atoms with Crippen LogP contribution in [-0.4, -0.2) is 50.2 Å². The van der Waals surface area contributed by atoms with Gasteiger partial charge in [0.2, 0.25) is 0 Å². The molecule has 5 heteroatoms. The molecule has 0 radical (unpaired) electrons. The van der Waals surface area contributed by atoms with E-state index in [1.54, 1.807) is 19.2 Å². The van der Waals surface area contributed by atoms with E-state index < -0.39 is 0 Å². The van der Waals surface area contributed by atoms with Crippen molar-refractivity contribution >= 4 is 22.7 Å². The first-order valence-corrected chi connectivity index (χ1v) is 11.2. The van der Waals surface area contributed by atoms with Crippen molar-refractivity contribution in [2.24, 2.45) is 0 Å². The Balaban J connectivity index is 2.09. The number of halogens is 1. The van der Waals surface area contributed by atoms with Gasteiger partial charge in [-0.3, -0.25) is 0 Å². The van der Waals surface area contributed by atoms with E-state index >= 15 is 0 Å². The number of ether oxygens (including phenoxy) is 2. The van der Waals surface area contributed by atoms with Crippen LogP contribution < -0.4 is 9.47 Å². The predicted octanol–water partition coefficient (Wildman–Crippen LogP) is 5.93. The van der Waals surface area contributed by atoms with Gasteiger partial charge in [0.05, 0.1) is 7.11 Å². The van der Waals surface area contributed by atoms with E-state index in [-0.39, 0.29) is 5.75 Å². The Kier molecular flexibility index (Phi) is 8.60. The lowest BCUT2D eigenvalue weighted by atomic mass is 9.88. The Labute approximate surface area is 195 Å². The summed E-state index contributed by atoms with van der Waals surface area (Å²) in [5.41, 5.74) is 5.16. The molecule has 0 bridgehead atoms. The zero-order valence-corrected chi connectivity index (χ0v) is 19.6. The summed E-state index contributed by atoms with van der Waals surface area (Å²) in [5.74, 6) is 1.86. The first kappa shape index (κ1) is 23.7. The molecule has 1 N–H and O–H groups in total. The van der Waals surface area contributed by atoms with Gasteiger partial charge in [0, 0.05) is 12.4 Å². The topological polar surface area (TPSA) is 41.9 Å². The van der Waals surface area contributed by atoms with Gasteiger partial charge in [0.25, 0.3) is 0 Å². The molecule has 4 nitrogen and oxygen atoms in total. The maximum absolute atomic E-state index is 10.5. The van der Waals surface area contributed by atoms with Crippen molar-refractivity contribution < 1.29 is 14.6 Å². The number of hydrogen-bond donors (Lipinski definition) is 1. The number of aromatic hydroxyl groups is 1. The number of methoxy groups -OCH3 is 1. The van der Waals surface area contributed by atoms with Crippen molar-refractivity contribution in [2.75, 3.05) is 40.2 Å². The van der Waals surface area contributed by atoms with Crippen LogP contribution in [0.15, 0.2) is 72.8 Å². The second kappa shape index (κ2) is 11.6. The molecule has 168 valence electrons. The zero-order valence-electron chi connectivity index (χ0n) is 18.8. The van der Waals surface area contributed by atoms with E-state index in [1.807, 2.05) is 50.5 Å². The molecule has 0 saturated carbocycles. The van der Waals surface area contributed by atoms with Crippen LogP contribution in [0, 0.1) is 0 Å². The molecule has 0 aliphatic rings. The molecule has 0 spiro atoms. The standard InChI is InChI=1S/C27H30ClNO3/c1-29(2)17-18-32-23-12-9-21(10-13-23)27(22-11-14-26(31-3)25(30)19-22)24(15-16-28)20-7-5-4-6-8-20/h4-14,19,30H,15-18H2,1-3H3/b27-24-. The van der Waals surface area contributed by atoms with Crippen molar-refractivity contribution in [3.05, 3.63) is 89.5 Å². The molecule has 0 unspecified atom stereocenters. The lowest BCUT2D eigenvalue weighted by Crippen LogP contribution is -2.19. The summed E-state index contributed by atoms with van der Waals surface area (Å²) in [6.07, 6.45) is 0.689. The average Bonchev–Trinajstić information content (AvgIpc) is 2.80. The Morgan fingerprint density at radius 3 is 2.19 bits per heavy atom. The number of benzene rings is 3. The fourth-order valence-corrected chi connectivity index (χ4v) is 3.76. The van der Waals surface area contributed by atoms with Crippen molar-refractivity contribution in [1.82, 2.24) is 4.90 Å². The molecular formula is C27H30ClNO3. The quantitative estimate of drug-likeness (QED) is 0.306. The van der Waals surface area contributed by atoms with Crippen molar-refractivity contribution in [3.63, 3.8) is 0 Å². The summed E-state index contributed by atoms with van der Waals surface area (Å²) < 4.78 is 11.1. The van der Waals surface area contributed by atoms with Gasteiger partial charge in [-0.15, -0.1) is 11.6 Å².